The van der Waals surface area contributed by atoms with Gasteiger partial charge in [0.15, 0.2) is 11.5 Å². The molecule has 1 fully saturated rings. The van der Waals surface area contributed by atoms with E-state index in [2.05, 4.69) is 14.6 Å². The van der Waals surface area contributed by atoms with Gasteiger partial charge in [0.1, 0.15) is 0 Å². The summed E-state index contributed by atoms with van der Waals surface area (Å²) >= 11 is 0. The third-order valence-corrected chi connectivity index (χ3v) is 6.27. The van der Waals surface area contributed by atoms with Crippen LogP contribution in [0.2, 0.25) is 0 Å². The Morgan fingerprint density at radius 3 is 2.52 bits per heavy atom. The Morgan fingerprint density at radius 2 is 1.89 bits per heavy atom. The fraction of sp³-hybridized carbons (Fsp3) is 0.421. The van der Waals surface area contributed by atoms with E-state index in [-0.39, 0.29) is 4.90 Å². The van der Waals surface area contributed by atoms with Crippen molar-refractivity contribution < 1.29 is 17.9 Å². The lowest BCUT2D eigenvalue weighted by Crippen LogP contribution is -2.38. The lowest BCUT2D eigenvalue weighted by atomic mass is 9.97. The molecule has 1 aliphatic heterocycles. The van der Waals surface area contributed by atoms with Crippen LogP contribution >= 0.6 is 0 Å². The number of hydrogen-bond donors (Lipinski definition) is 1. The van der Waals surface area contributed by atoms with Crippen LogP contribution in [0.3, 0.4) is 0 Å². The molecule has 3 rings (SSSR count). The zero-order chi connectivity index (χ0) is 19.3. The van der Waals surface area contributed by atoms with Crippen LogP contribution < -0.4 is 19.1 Å². The molecule has 1 aromatic carbocycles. The van der Waals surface area contributed by atoms with Gasteiger partial charge in [0.2, 0.25) is 10.0 Å². The number of aromatic nitrogens is 1. The van der Waals surface area contributed by atoms with Gasteiger partial charge in [-0.1, -0.05) is 0 Å². The van der Waals surface area contributed by atoms with Crippen LogP contribution in [0, 0.1) is 5.92 Å². The van der Waals surface area contributed by atoms with Crippen LogP contribution in [0.15, 0.2) is 47.6 Å². The van der Waals surface area contributed by atoms with Gasteiger partial charge in [-0.2, -0.15) is 0 Å². The molecule has 27 heavy (non-hydrogen) atoms. The van der Waals surface area contributed by atoms with Gasteiger partial charge in [-0.05, 0) is 43.0 Å². The van der Waals surface area contributed by atoms with Crippen LogP contribution in [0.1, 0.15) is 12.8 Å². The summed E-state index contributed by atoms with van der Waals surface area (Å²) in [7, 11) is -0.592. The van der Waals surface area contributed by atoms with Crippen molar-refractivity contribution in [2.45, 2.75) is 17.7 Å². The molecule has 0 unspecified atom stereocenters. The summed E-state index contributed by atoms with van der Waals surface area (Å²) in [6.07, 6.45) is 5.49. The van der Waals surface area contributed by atoms with Crippen molar-refractivity contribution in [2.24, 2.45) is 5.92 Å². The van der Waals surface area contributed by atoms with Crippen molar-refractivity contribution in [1.82, 2.24) is 9.71 Å². The molecule has 0 bridgehead atoms. The molecule has 0 aliphatic carbocycles. The molecule has 1 N–H and O–H groups in total. The topological polar surface area (TPSA) is 80.8 Å². The SMILES string of the molecule is COc1ccc(S(=O)(=O)NCC2CCN(c3cccnc3)CC2)cc1OC. The number of methoxy groups -OCH3 is 2. The van der Waals surface area contributed by atoms with Gasteiger partial charge in [-0.15, -0.1) is 0 Å². The lowest BCUT2D eigenvalue weighted by molar-refractivity contribution is 0.353. The first-order valence-corrected chi connectivity index (χ1v) is 10.4. The van der Waals surface area contributed by atoms with Gasteiger partial charge in [-0.3, -0.25) is 4.98 Å². The molecule has 0 radical (unpaired) electrons. The van der Waals surface area contributed by atoms with Gasteiger partial charge in [0, 0.05) is 31.9 Å². The molecule has 146 valence electrons. The van der Waals surface area contributed by atoms with E-state index in [1.54, 1.807) is 12.3 Å². The molecular formula is C19H25N3O4S. The number of rotatable bonds is 7. The number of ether oxygens (including phenoxy) is 2. The van der Waals surface area contributed by atoms with Crippen LogP contribution in [-0.2, 0) is 10.0 Å². The molecule has 8 heteroatoms. The Bertz CT molecular complexity index is 851. The maximum Gasteiger partial charge on any atom is 0.240 e. The van der Waals surface area contributed by atoms with Gasteiger partial charge in [0.25, 0.3) is 0 Å². The minimum atomic E-state index is -3.59. The van der Waals surface area contributed by atoms with Crippen molar-refractivity contribution in [3.63, 3.8) is 0 Å². The molecule has 2 heterocycles. The summed E-state index contributed by atoms with van der Waals surface area (Å²) in [5, 5.41) is 0. The summed E-state index contributed by atoms with van der Waals surface area (Å²) in [6.45, 7) is 2.22. The van der Waals surface area contributed by atoms with E-state index in [1.165, 1.54) is 26.4 Å². The van der Waals surface area contributed by atoms with Gasteiger partial charge >= 0.3 is 0 Å². The first kappa shape index (κ1) is 19.4. The molecule has 0 saturated carbocycles. The maximum absolute atomic E-state index is 12.6. The monoisotopic (exact) mass is 391 g/mol. The lowest BCUT2D eigenvalue weighted by Gasteiger charge is -2.33. The number of pyridine rings is 1. The normalized spacial score (nSPS) is 15.6. The number of piperidine rings is 1. The zero-order valence-electron chi connectivity index (χ0n) is 15.6. The van der Waals surface area contributed by atoms with Crippen LogP contribution in [0.4, 0.5) is 5.69 Å². The molecule has 7 nitrogen and oxygen atoms in total. The first-order valence-electron chi connectivity index (χ1n) is 8.90. The summed E-state index contributed by atoms with van der Waals surface area (Å²) in [5.74, 6) is 1.21. The molecular weight excluding hydrogens is 366 g/mol. The van der Waals surface area contributed by atoms with Gasteiger partial charge in [0.05, 0.1) is 31.0 Å². The minimum Gasteiger partial charge on any atom is -0.493 e. The fourth-order valence-electron chi connectivity index (χ4n) is 3.23. The Hall–Kier alpha value is -2.32. The van der Waals surface area contributed by atoms with Crippen molar-refractivity contribution in [1.29, 1.82) is 0 Å². The van der Waals surface area contributed by atoms with E-state index >= 15 is 0 Å². The number of sulfonamides is 1. The number of anilines is 1. The van der Waals surface area contributed by atoms with E-state index in [0.29, 0.717) is 24.0 Å². The Labute approximate surface area is 160 Å². The molecule has 0 spiro atoms. The van der Waals surface area contributed by atoms with Crippen molar-refractivity contribution in [3.8, 4) is 11.5 Å². The van der Waals surface area contributed by atoms with Crippen LogP contribution in [0.5, 0.6) is 11.5 Å². The van der Waals surface area contributed by atoms with E-state index < -0.39 is 10.0 Å². The smallest absolute Gasteiger partial charge is 0.240 e. The standard InChI is InChI=1S/C19H25N3O4S/c1-25-18-6-5-17(12-19(18)26-2)27(23,24)21-13-15-7-10-22(11-8-15)16-4-3-9-20-14-16/h3-6,9,12,14-15,21H,7-8,10-11,13H2,1-2H3. The largest absolute Gasteiger partial charge is 0.493 e. The van der Waals surface area contributed by atoms with Crippen LogP contribution in [0.25, 0.3) is 0 Å². The van der Waals surface area contributed by atoms with Crippen LogP contribution in [-0.4, -0.2) is 47.3 Å². The predicted molar refractivity (Wildman–Crippen MR) is 104 cm³/mol. The van der Waals surface area contributed by atoms with Crippen molar-refractivity contribution >= 4 is 15.7 Å². The average molecular weight is 391 g/mol. The second-order valence-electron chi connectivity index (χ2n) is 6.51. The third-order valence-electron chi connectivity index (χ3n) is 4.85. The summed E-state index contributed by atoms with van der Waals surface area (Å²) in [6, 6.07) is 8.58. The Kier molecular flexibility index (Phi) is 6.18. The minimum absolute atomic E-state index is 0.174. The second-order valence-corrected chi connectivity index (χ2v) is 8.28. The Balaban J connectivity index is 1.57. The molecule has 1 saturated heterocycles. The number of hydrogen-bond acceptors (Lipinski definition) is 6. The number of nitrogens with one attached hydrogen (secondary N) is 1. The summed E-state index contributed by atoms with van der Waals surface area (Å²) in [5.41, 5.74) is 1.11. The third kappa shape index (κ3) is 4.70. The number of benzene rings is 1. The highest BCUT2D eigenvalue weighted by atomic mass is 32.2. The summed E-state index contributed by atoms with van der Waals surface area (Å²) < 4.78 is 38.3. The van der Waals surface area contributed by atoms with E-state index in [0.717, 1.165) is 31.6 Å². The fourth-order valence-corrected chi connectivity index (χ4v) is 4.36. The zero-order valence-corrected chi connectivity index (χ0v) is 16.4. The van der Waals surface area contributed by atoms with E-state index in [4.69, 9.17) is 9.47 Å². The quantitative estimate of drug-likeness (QED) is 0.780. The summed E-state index contributed by atoms with van der Waals surface area (Å²) in [4.78, 5) is 6.61. The molecule has 1 aliphatic rings. The van der Waals surface area contributed by atoms with Gasteiger partial charge < -0.3 is 14.4 Å². The molecule has 0 atom stereocenters. The van der Waals surface area contributed by atoms with E-state index in [9.17, 15) is 8.42 Å². The van der Waals surface area contributed by atoms with Crippen molar-refractivity contribution in [2.75, 3.05) is 38.8 Å². The highest BCUT2D eigenvalue weighted by Gasteiger charge is 2.23. The van der Waals surface area contributed by atoms with Crippen molar-refractivity contribution in [3.05, 3.63) is 42.7 Å². The molecule has 1 aromatic heterocycles. The molecule has 0 amide bonds. The highest BCUT2D eigenvalue weighted by Crippen LogP contribution is 2.29. The second kappa shape index (κ2) is 8.58. The maximum atomic E-state index is 12.6. The Morgan fingerprint density at radius 1 is 1.15 bits per heavy atom. The number of nitrogens with zero attached hydrogens (tertiary/aromatic N) is 2. The van der Waals surface area contributed by atoms with Gasteiger partial charge in [-0.25, -0.2) is 13.1 Å². The highest BCUT2D eigenvalue weighted by molar-refractivity contribution is 7.89. The predicted octanol–water partition coefficient (Wildman–Crippen LogP) is 2.29. The average Bonchev–Trinajstić information content (AvgIpc) is 2.72. The first-order chi connectivity index (χ1) is 13.0. The molecule has 2 aromatic rings. The van der Waals surface area contributed by atoms with E-state index in [1.807, 2.05) is 18.3 Å².